The molecule has 0 unspecified atom stereocenters. The first-order chi connectivity index (χ1) is 12.2. The highest BCUT2D eigenvalue weighted by molar-refractivity contribution is 6.02. The van der Waals surface area contributed by atoms with Gasteiger partial charge in [-0.3, -0.25) is 10.2 Å². The van der Waals surface area contributed by atoms with Gasteiger partial charge in [0.15, 0.2) is 5.84 Å². The molecule has 0 bridgehead atoms. The summed E-state index contributed by atoms with van der Waals surface area (Å²) >= 11 is 0. The quantitative estimate of drug-likeness (QED) is 0.903. The van der Waals surface area contributed by atoms with Gasteiger partial charge >= 0.3 is 6.18 Å². The molecular weight excluding hydrogens is 347 g/mol. The van der Waals surface area contributed by atoms with E-state index in [9.17, 15) is 18.0 Å². The average molecular weight is 363 g/mol. The van der Waals surface area contributed by atoms with Crippen molar-refractivity contribution in [2.45, 2.75) is 25.7 Å². The van der Waals surface area contributed by atoms with Crippen LogP contribution >= 0.6 is 0 Å². The standard InChI is InChI=1S/C18H16F3N3O2/c1-17(2)24(22-16(25)12-7-4-3-5-8-12)15(23-26-17)13-9-6-10-14(11-13)18(19,20)21/h3-11H,1-2H3,(H,22,25). The fraction of sp³-hybridized carbons (Fsp3) is 0.222. The summed E-state index contributed by atoms with van der Waals surface area (Å²) in [6, 6.07) is 13.1. The minimum Gasteiger partial charge on any atom is -0.364 e. The predicted octanol–water partition coefficient (Wildman–Crippen LogP) is 3.78. The van der Waals surface area contributed by atoms with E-state index in [0.29, 0.717) is 5.56 Å². The van der Waals surface area contributed by atoms with E-state index in [0.717, 1.165) is 12.1 Å². The van der Waals surface area contributed by atoms with Gasteiger partial charge < -0.3 is 4.84 Å². The predicted molar refractivity (Wildman–Crippen MR) is 88.9 cm³/mol. The minimum absolute atomic E-state index is 0.0883. The zero-order valence-corrected chi connectivity index (χ0v) is 14.0. The van der Waals surface area contributed by atoms with Crippen LogP contribution in [0.25, 0.3) is 0 Å². The number of amides is 1. The van der Waals surface area contributed by atoms with Gasteiger partial charge in [0.2, 0.25) is 5.72 Å². The van der Waals surface area contributed by atoms with E-state index in [-0.39, 0.29) is 11.4 Å². The molecule has 1 aliphatic heterocycles. The van der Waals surface area contributed by atoms with Gasteiger partial charge in [-0.1, -0.05) is 35.5 Å². The van der Waals surface area contributed by atoms with Gasteiger partial charge in [0.05, 0.1) is 5.56 Å². The Labute approximate surface area is 148 Å². The highest BCUT2D eigenvalue weighted by atomic mass is 19.4. The maximum Gasteiger partial charge on any atom is 0.416 e. The van der Waals surface area contributed by atoms with Crippen molar-refractivity contribution in [2.75, 3.05) is 0 Å². The first-order valence-corrected chi connectivity index (χ1v) is 7.78. The zero-order valence-electron chi connectivity index (χ0n) is 14.0. The number of carbonyl (C=O) groups is 1. The monoisotopic (exact) mass is 363 g/mol. The molecule has 0 fully saturated rings. The third kappa shape index (κ3) is 3.49. The summed E-state index contributed by atoms with van der Waals surface area (Å²) in [5.74, 6) is -0.339. The molecule has 2 aromatic rings. The van der Waals surface area contributed by atoms with Crippen LogP contribution in [0.3, 0.4) is 0 Å². The number of alkyl halides is 3. The summed E-state index contributed by atoms with van der Waals surface area (Å²) in [4.78, 5) is 17.7. The third-order valence-electron chi connectivity index (χ3n) is 3.80. The molecule has 5 nitrogen and oxygen atoms in total. The minimum atomic E-state index is -4.48. The Balaban J connectivity index is 1.91. The van der Waals surface area contributed by atoms with E-state index in [1.807, 2.05) is 0 Å². The highest BCUT2D eigenvalue weighted by Gasteiger charge is 2.40. The van der Waals surface area contributed by atoms with Crippen LogP contribution < -0.4 is 5.43 Å². The van der Waals surface area contributed by atoms with E-state index < -0.39 is 23.4 Å². The zero-order chi connectivity index (χ0) is 18.9. The van der Waals surface area contributed by atoms with Crippen LogP contribution in [-0.2, 0) is 11.0 Å². The van der Waals surface area contributed by atoms with Crippen molar-refractivity contribution < 1.29 is 22.8 Å². The number of oxime groups is 1. The number of hydrogen-bond acceptors (Lipinski definition) is 4. The molecule has 3 rings (SSSR count). The van der Waals surface area contributed by atoms with E-state index in [2.05, 4.69) is 10.6 Å². The van der Waals surface area contributed by atoms with Gasteiger partial charge in [-0.2, -0.15) is 13.2 Å². The summed E-state index contributed by atoms with van der Waals surface area (Å²) in [7, 11) is 0. The van der Waals surface area contributed by atoms with Crippen LogP contribution in [0.4, 0.5) is 13.2 Å². The van der Waals surface area contributed by atoms with E-state index >= 15 is 0 Å². The highest BCUT2D eigenvalue weighted by Crippen LogP contribution is 2.31. The van der Waals surface area contributed by atoms with Crippen LogP contribution in [0.2, 0.25) is 0 Å². The second-order valence-corrected chi connectivity index (χ2v) is 6.17. The Kier molecular flexibility index (Phi) is 4.35. The van der Waals surface area contributed by atoms with Crippen molar-refractivity contribution in [1.82, 2.24) is 10.4 Å². The number of amidine groups is 1. The Bertz CT molecular complexity index is 848. The molecular formula is C18H16F3N3O2. The van der Waals surface area contributed by atoms with Gasteiger partial charge in [0.1, 0.15) is 0 Å². The van der Waals surface area contributed by atoms with Crippen molar-refractivity contribution in [3.05, 3.63) is 71.3 Å². The molecule has 0 spiro atoms. The molecule has 8 heteroatoms. The lowest BCUT2D eigenvalue weighted by Crippen LogP contribution is -2.54. The lowest BCUT2D eigenvalue weighted by Gasteiger charge is -2.31. The number of carbonyl (C=O) groups excluding carboxylic acids is 1. The van der Waals surface area contributed by atoms with Crippen molar-refractivity contribution in [1.29, 1.82) is 0 Å². The van der Waals surface area contributed by atoms with E-state index in [1.165, 1.54) is 17.1 Å². The molecule has 1 aliphatic rings. The number of nitrogens with zero attached hydrogens (tertiary/aromatic N) is 2. The molecule has 26 heavy (non-hydrogen) atoms. The first kappa shape index (κ1) is 17.8. The molecule has 136 valence electrons. The normalized spacial score (nSPS) is 16.0. The first-order valence-electron chi connectivity index (χ1n) is 7.78. The Hall–Kier alpha value is -3.03. The van der Waals surface area contributed by atoms with Gasteiger partial charge in [-0.05, 0) is 38.1 Å². The maximum absolute atomic E-state index is 13.0. The lowest BCUT2D eigenvalue weighted by atomic mass is 10.1. The molecule has 0 atom stereocenters. The largest absolute Gasteiger partial charge is 0.416 e. The second kappa shape index (κ2) is 6.36. The number of nitrogens with one attached hydrogen (secondary N) is 1. The summed E-state index contributed by atoms with van der Waals surface area (Å²) in [6.45, 7) is 3.28. The van der Waals surface area contributed by atoms with Crippen LogP contribution in [-0.4, -0.2) is 22.5 Å². The maximum atomic E-state index is 13.0. The molecule has 0 saturated heterocycles. The number of benzene rings is 2. The molecule has 1 N–H and O–H groups in total. The Morgan fingerprint density at radius 3 is 2.46 bits per heavy atom. The van der Waals surface area contributed by atoms with Crippen molar-refractivity contribution in [3.63, 3.8) is 0 Å². The summed E-state index contributed by atoms with van der Waals surface area (Å²) in [5, 5.41) is 5.19. The van der Waals surface area contributed by atoms with Crippen LogP contribution in [0.15, 0.2) is 59.8 Å². The fourth-order valence-corrected chi connectivity index (χ4v) is 2.45. The van der Waals surface area contributed by atoms with Crippen LogP contribution in [0.1, 0.15) is 35.3 Å². The molecule has 2 aromatic carbocycles. The van der Waals surface area contributed by atoms with E-state index in [4.69, 9.17) is 4.84 Å². The van der Waals surface area contributed by atoms with Gasteiger partial charge in [-0.15, -0.1) is 0 Å². The molecule has 0 aromatic heterocycles. The fourth-order valence-electron chi connectivity index (χ4n) is 2.45. The second-order valence-electron chi connectivity index (χ2n) is 6.17. The summed E-state index contributed by atoms with van der Waals surface area (Å²) in [6.07, 6.45) is -4.48. The van der Waals surface area contributed by atoms with Crippen molar-refractivity contribution >= 4 is 11.7 Å². The Morgan fingerprint density at radius 2 is 1.81 bits per heavy atom. The molecule has 0 saturated carbocycles. The van der Waals surface area contributed by atoms with Gasteiger partial charge in [0, 0.05) is 11.1 Å². The molecule has 1 heterocycles. The molecule has 0 aliphatic carbocycles. The third-order valence-corrected chi connectivity index (χ3v) is 3.80. The SMILES string of the molecule is CC1(C)ON=C(c2cccc(C(F)(F)F)c2)N1NC(=O)c1ccccc1. The lowest BCUT2D eigenvalue weighted by molar-refractivity contribution is -0.137. The average Bonchev–Trinajstić information content (AvgIpc) is 2.90. The van der Waals surface area contributed by atoms with Gasteiger partial charge in [0.25, 0.3) is 5.91 Å². The van der Waals surface area contributed by atoms with Gasteiger partial charge in [-0.25, -0.2) is 5.01 Å². The molecule has 0 radical (unpaired) electrons. The van der Waals surface area contributed by atoms with Crippen LogP contribution in [0, 0.1) is 0 Å². The number of hydrogen-bond donors (Lipinski definition) is 1. The van der Waals surface area contributed by atoms with E-state index in [1.54, 1.807) is 44.2 Å². The topological polar surface area (TPSA) is 53.9 Å². The van der Waals surface area contributed by atoms with Crippen molar-refractivity contribution in [3.8, 4) is 0 Å². The van der Waals surface area contributed by atoms with Crippen molar-refractivity contribution in [2.24, 2.45) is 5.16 Å². The van der Waals surface area contributed by atoms with Crippen LogP contribution in [0.5, 0.6) is 0 Å². The number of hydrazine groups is 1. The molecule has 1 amide bonds. The number of halogens is 3. The Morgan fingerprint density at radius 1 is 1.12 bits per heavy atom. The summed E-state index contributed by atoms with van der Waals surface area (Å²) < 4.78 is 38.9. The smallest absolute Gasteiger partial charge is 0.364 e. The number of rotatable bonds is 3. The summed E-state index contributed by atoms with van der Waals surface area (Å²) in [5.41, 5.74) is 1.36.